The lowest BCUT2D eigenvalue weighted by molar-refractivity contribution is -0.343. The van der Waals surface area contributed by atoms with Crippen molar-refractivity contribution in [3.05, 3.63) is 0 Å². The molecule has 5 nitrogen and oxygen atoms in total. The molecule has 0 radical (unpaired) electrons. The Balaban J connectivity index is 2.82. The van der Waals surface area contributed by atoms with Gasteiger partial charge < -0.3 is 24.8 Å². The predicted molar refractivity (Wildman–Crippen MR) is 44.0 cm³/mol. The molecule has 0 aliphatic carbocycles. The minimum absolute atomic E-state index is 0.566. The van der Waals surface area contributed by atoms with Crippen LogP contribution in [0.2, 0.25) is 0 Å². The van der Waals surface area contributed by atoms with E-state index in [9.17, 15) is 15.3 Å². The molecular formula is C8H16O5. The summed E-state index contributed by atoms with van der Waals surface area (Å²) in [6.45, 7) is 3.13. The van der Waals surface area contributed by atoms with E-state index in [1.54, 1.807) is 6.92 Å². The zero-order valence-electron chi connectivity index (χ0n) is 7.97. The second kappa shape index (κ2) is 3.51. The number of ether oxygens (including phenoxy) is 2. The highest BCUT2D eigenvalue weighted by atomic mass is 16.7. The largest absolute Gasteiger partial charge is 0.388 e. The van der Waals surface area contributed by atoms with Crippen molar-refractivity contribution in [2.45, 2.75) is 44.1 Å². The van der Waals surface area contributed by atoms with Crippen LogP contribution in [0.5, 0.6) is 0 Å². The Kier molecular flexibility index (Phi) is 2.94. The highest BCUT2D eigenvalue weighted by Crippen LogP contribution is 2.29. The summed E-state index contributed by atoms with van der Waals surface area (Å²) < 4.78 is 10.2. The van der Waals surface area contributed by atoms with Crippen LogP contribution in [0.4, 0.5) is 0 Å². The van der Waals surface area contributed by atoms with Crippen LogP contribution in [0, 0.1) is 0 Å². The maximum absolute atomic E-state index is 9.52. The molecule has 0 saturated carbocycles. The van der Waals surface area contributed by atoms with Crippen molar-refractivity contribution in [2.24, 2.45) is 0 Å². The molecule has 0 aromatic carbocycles. The summed E-state index contributed by atoms with van der Waals surface area (Å²) in [6, 6.07) is 0. The molecule has 5 atom stereocenters. The lowest BCUT2D eigenvalue weighted by Crippen LogP contribution is -2.63. The SMILES string of the molecule is CO[C@@]1(C)OC(C)[C@@H](O)[C@@H](O)C1O. The number of methoxy groups -OCH3 is 1. The standard InChI is InChI=1S/C8H16O5/c1-4-5(9)6(10)7(11)8(2,12-3)13-4/h4-7,9-11H,1-3H3/t4?,5-,6-,7?,8+/m1/s1. The first kappa shape index (κ1) is 10.9. The molecule has 1 saturated heterocycles. The number of aliphatic hydroxyl groups is 3. The van der Waals surface area contributed by atoms with E-state index in [1.807, 2.05) is 0 Å². The molecule has 1 aliphatic heterocycles. The van der Waals surface area contributed by atoms with E-state index in [1.165, 1.54) is 14.0 Å². The molecule has 13 heavy (non-hydrogen) atoms. The Morgan fingerprint density at radius 3 is 2.23 bits per heavy atom. The Hall–Kier alpha value is -0.200. The van der Waals surface area contributed by atoms with E-state index in [0.29, 0.717) is 0 Å². The minimum atomic E-state index is -1.25. The summed E-state index contributed by atoms with van der Waals surface area (Å²) in [4.78, 5) is 0. The monoisotopic (exact) mass is 192 g/mol. The van der Waals surface area contributed by atoms with Gasteiger partial charge in [-0.25, -0.2) is 0 Å². The van der Waals surface area contributed by atoms with Crippen LogP contribution in [0.15, 0.2) is 0 Å². The molecular weight excluding hydrogens is 176 g/mol. The normalized spacial score (nSPS) is 52.2. The molecule has 1 aliphatic rings. The number of hydrogen-bond donors (Lipinski definition) is 3. The maximum atomic E-state index is 9.52. The second-order valence-electron chi connectivity index (χ2n) is 3.47. The third-order valence-electron chi connectivity index (χ3n) is 2.52. The lowest BCUT2D eigenvalue weighted by Gasteiger charge is -2.45. The smallest absolute Gasteiger partial charge is 0.194 e. The highest BCUT2D eigenvalue weighted by Gasteiger charge is 2.49. The lowest BCUT2D eigenvalue weighted by atomic mass is 9.94. The summed E-state index contributed by atoms with van der Waals surface area (Å²) in [5.41, 5.74) is 0. The molecule has 5 heteroatoms. The summed E-state index contributed by atoms with van der Waals surface area (Å²) in [5, 5.41) is 28.3. The van der Waals surface area contributed by atoms with Crippen LogP contribution in [0.1, 0.15) is 13.8 Å². The first-order valence-electron chi connectivity index (χ1n) is 4.19. The molecule has 0 bridgehead atoms. The van der Waals surface area contributed by atoms with E-state index in [2.05, 4.69) is 0 Å². The molecule has 2 unspecified atom stereocenters. The molecule has 0 amide bonds. The van der Waals surface area contributed by atoms with Gasteiger partial charge in [0.2, 0.25) is 0 Å². The van der Waals surface area contributed by atoms with Crippen molar-refractivity contribution in [3.63, 3.8) is 0 Å². The molecule has 3 N–H and O–H groups in total. The van der Waals surface area contributed by atoms with Gasteiger partial charge in [-0.15, -0.1) is 0 Å². The van der Waals surface area contributed by atoms with Crippen molar-refractivity contribution < 1.29 is 24.8 Å². The van der Waals surface area contributed by atoms with Gasteiger partial charge >= 0.3 is 0 Å². The van der Waals surface area contributed by atoms with Gasteiger partial charge in [-0.3, -0.25) is 0 Å². The quantitative estimate of drug-likeness (QED) is 0.489. The summed E-state index contributed by atoms with van der Waals surface area (Å²) in [5.74, 6) is -1.25. The fourth-order valence-electron chi connectivity index (χ4n) is 1.45. The van der Waals surface area contributed by atoms with E-state index in [4.69, 9.17) is 9.47 Å². The van der Waals surface area contributed by atoms with Crippen LogP contribution in [0.3, 0.4) is 0 Å². The Morgan fingerprint density at radius 2 is 1.77 bits per heavy atom. The van der Waals surface area contributed by atoms with Crippen LogP contribution in [-0.4, -0.2) is 52.6 Å². The number of hydrogen-bond acceptors (Lipinski definition) is 5. The summed E-state index contributed by atoms with van der Waals surface area (Å²) >= 11 is 0. The topological polar surface area (TPSA) is 79.2 Å². The van der Waals surface area contributed by atoms with Crippen LogP contribution >= 0.6 is 0 Å². The van der Waals surface area contributed by atoms with Gasteiger partial charge in [-0.2, -0.15) is 0 Å². The molecule has 78 valence electrons. The van der Waals surface area contributed by atoms with Gasteiger partial charge in [0, 0.05) is 7.11 Å². The zero-order chi connectivity index (χ0) is 10.2. The van der Waals surface area contributed by atoms with Gasteiger partial charge in [0.05, 0.1) is 6.10 Å². The van der Waals surface area contributed by atoms with E-state index >= 15 is 0 Å². The first-order valence-corrected chi connectivity index (χ1v) is 4.19. The Bertz CT molecular complexity index is 185. The first-order chi connectivity index (χ1) is 5.92. The summed E-state index contributed by atoms with van der Waals surface area (Å²) in [6.07, 6.45) is -4.14. The third-order valence-corrected chi connectivity index (χ3v) is 2.52. The molecule has 1 rings (SSSR count). The third kappa shape index (κ3) is 1.70. The van der Waals surface area contributed by atoms with Gasteiger partial charge in [0.25, 0.3) is 0 Å². The van der Waals surface area contributed by atoms with Crippen molar-refractivity contribution in [2.75, 3.05) is 7.11 Å². The molecule has 1 heterocycles. The Labute approximate surface area is 76.9 Å². The van der Waals surface area contributed by atoms with Crippen molar-refractivity contribution in [1.82, 2.24) is 0 Å². The van der Waals surface area contributed by atoms with E-state index in [-0.39, 0.29) is 0 Å². The summed E-state index contributed by atoms with van der Waals surface area (Å²) in [7, 11) is 1.38. The van der Waals surface area contributed by atoms with E-state index in [0.717, 1.165) is 0 Å². The maximum Gasteiger partial charge on any atom is 0.194 e. The van der Waals surface area contributed by atoms with Crippen molar-refractivity contribution >= 4 is 0 Å². The Morgan fingerprint density at radius 1 is 1.23 bits per heavy atom. The van der Waals surface area contributed by atoms with Crippen molar-refractivity contribution in [3.8, 4) is 0 Å². The van der Waals surface area contributed by atoms with E-state index < -0.39 is 30.2 Å². The number of rotatable bonds is 1. The molecule has 1 fully saturated rings. The van der Waals surface area contributed by atoms with Gasteiger partial charge in [0.1, 0.15) is 18.3 Å². The van der Waals surface area contributed by atoms with Crippen molar-refractivity contribution in [1.29, 1.82) is 0 Å². The second-order valence-corrected chi connectivity index (χ2v) is 3.47. The zero-order valence-corrected chi connectivity index (χ0v) is 7.97. The number of aliphatic hydroxyl groups excluding tert-OH is 3. The fourth-order valence-corrected chi connectivity index (χ4v) is 1.45. The van der Waals surface area contributed by atoms with Gasteiger partial charge in [0.15, 0.2) is 5.79 Å². The molecule has 0 spiro atoms. The fraction of sp³-hybridized carbons (Fsp3) is 1.00. The molecule has 0 aromatic rings. The average molecular weight is 192 g/mol. The highest BCUT2D eigenvalue weighted by molar-refractivity contribution is 4.93. The minimum Gasteiger partial charge on any atom is -0.388 e. The average Bonchev–Trinajstić information content (AvgIpc) is 2.12. The molecule has 0 aromatic heterocycles. The van der Waals surface area contributed by atoms with Crippen LogP contribution < -0.4 is 0 Å². The van der Waals surface area contributed by atoms with Crippen LogP contribution in [0.25, 0.3) is 0 Å². The predicted octanol–water partition coefficient (Wildman–Crippen LogP) is -1.15. The van der Waals surface area contributed by atoms with Gasteiger partial charge in [-0.05, 0) is 13.8 Å². The van der Waals surface area contributed by atoms with Crippen LogP contribution in [-0.2, 0) is 9.47 Å². The van der Waals surface area contributed by atoms with Gasteiger partial charge in [-0.1, -0.05) is 0 Å².